The number of halogens is 4. The Morgan fingerprint density at radius 3 is 2.17 bits per heavy atom. The number of carbonyl (C=O) groups excluding carboxylic acids is 2. The van der Waals surface area contributed by atoms with Crippen LogP contribution in [0.4, 0.5) is 17.6 Å². The fourth-order valence-electron chi connectivity index (χ4n) is 4.51. The van der Waals surface area contributed by atoms with Crippen LogP contribution in [0, 0.1) is 11.7 Å². The summed E-state index contributed by atoms with van der Waals surface area (Å²) in [6.07, 6.45) is -4.61. The molecule has 36 heavy (non-hydrogen) atoms. The van der Waals surface area contributed by atoms with Crippen LogP contribution in [0.2, 0.25) is 6.32 Å². The lowest BCUT2D eigenvalue weighted by Crippen LogP contribution is -2.62. The molecule has 0 saturated carbocycles. The molecule has 8 nitrogen and oxygen atoms in total. The van der Waals surface area contributed by atoms with E-state index in [0.717, 1.165) is 17.0 Å². The molecule has 0 bridgehead atoms. The first-order valence-electron chi connectivity index (χ1n) is 11.5. The Balaban J connectivity index is 1.81. The molecule has 2 atom stereocenters. The molecular formula is C23H29BF4N2O6. The van der Waals surface area contributed by atoms with Crippen LogP contribution in [0.5, 0.6) is 0 Å². The minimum absolute atomic E-state index is 0.0377. The van der Waals surface area contributed by atoms with Crippen LogP contribution >= 0.6 is 0 Å². The molecule has 198 valence electrons. The molecule has 2 fully saturated rings. The van der Waals surface area contributed by atoms with Crippen molar-refractivity contribution in [3.8, 4) is 0 Å². The van der Waals surface area contributed by atoms with E-state index in [1.807, 2.05) is 27.7 Å². The number of nitrogens with zero attached hydrogens (tertiary/aromatic N) is 1. The van der Waals surface area contributed by atoms with Gasteiger partial charge in [-0.05, 0) is 64.7 Å². The summed E-state index contributed by atoms with van der Waals surface area (Å²) in [4.78, 5) is 38.1. The number of aliphatic carboxylic acids is 1. The van der Waals surface area contributed by atoms with Gasteiger partial charge in [-0.15, -0.1) is 0 Å². The van der Waals surface area contributed by atoms with Gasteiger partial charge >= 0.3 is 25.2 Å². The maximum atomic E-state index is 13.3. The number of hydrogen-bond donors (Lipinski definition) is 2. The van der Waals surface area contributed by atoms with Crippen molar-refractivity contribution in [2.24, 2.45) is 5.92 Å². The van der Waals surface area contributed by atoms with Crippen LogP contribution in [0.1, 0.15) is 50.9 Å². The summed E-state index contributed by atoms with van der Waals surface area (Å²) in [5.41, 5.74) is -3.50. The molecule has 0 unspecified atom stereocenters. The fraction of sp³-hybridized carbons (Fsp3) is 0.609. The van der Waals surface area contributed by atoms with E-state index in [-0.39, 0.29) is 18.5 Å². The number of nitrogens with one attached hydrogen (secondary N) is 1. The zero-order chi connectivity index (χ0) is 27.1. The van der Waals surface area contributed by atoms with Crippen molar-refractivity contribution in [1.82, 2.24) is 10.2 Å². The number of carboxylic acid groups (broad SMARTS) is 1. The van der Waals surface area contributed by atoms with Gasteiger partial charge in [-0.25, -0.2) is 9.18 Å². The highest BCUT2D eigenvalue weighted by Gasteiger charge is 2.57. The normalized spacial score (nSPS) is 25.2. The molecule has 2 heterocycles. The highest BCUT2D eigenvalue weighted by Crippen LogP contribution is 2.39. The summed E-state index contributed by atoms with van der Waals surface area (Å²) < 4.78 is 64.3. The van der Waals surface area contributed by atoms with E-state index in [0.29, 0.717) is 12.7 Å². The predicted molar refractivity (Wildman–Crippen MR) is 120 cm³/mol. The summed E-state index contributed by atoms with van der Waals surface area (Å²) in [6, 6.07) is 4.47. The monoisotopic (exact) mass is 516 g/mol. The van der Waals surface area contributed by atoms with Crippen molar-refractivity contribution in [2.75, 3.05) is 13.1 Å². The number of amides is 2. The fourth-order valence-corrected chi connectivity index (χ4v) is 4.51. The lowest BCUT2D eigenvalue weighted by molar-refractivity contribution is -0.178. The maximum absolute atomic E-state index is 13.3. The van der Waals surface area contributed by atoms with Gasteiger partial charge in [0.05, 0.1) is 17.7 Å². The molecule has 3 rings (SSSR count). The third-order valence-electron chi connectivity index (χ3n) is 7.23. The standard InChI is InChI=1S/C23H29BF4N2O6/c1-20(2)21(3,4)36-24(35-20)11-5-6-15-12-30(17(31)14-7-9-16(25)10-8-14)13-22(15,19(33)34)29-18(32)23(26,27)28/h7-10,15H,5-6,11-13H2,1-4H3,(H,29,32)(H,33,34)/t15-,22-/m0/s1. The van der Waals surface area contributed by atoms with E-state index in [9.17, 15) is 37.1 Å². The lowest BCUT2D eigenvalue weighted by Gasteiger charge is -2.32. The number of likely N-dealkylation sites (tertiary alicyclic amines) is 1. The van der Waals surface area contributed by atoms with E-state index in [1.165, 1.54) is 12.1 Å². The Morgan fingerprint density at radius 1 is 1.11 bits per heavy atom. The summed E-state index contributed by atoms with van der Waals surface area (Å²) in [5.74, 6) is -6.40. The van der Waals surface area contributed by atoms with Crippen molar-refractivity contribution in [2.45, 2.75) is 69.8 Å². The minimum atomic E-state index is -5.32. The first-order valence-corrected chi connectivity index (χ1v) is 11.5. The predicted octanol–water partition coefficient (Wildman–Crippen LogP) is 3.27. The average Bonchev–Trinajstić information content (AvgIpc) is 3.21. The van der Waals surface area contributed by atoms with Gasteiger partial charge in [0, 0.05) is 18.0 Å². The Bertz CT molecular complexity index is 1000. The van der Waals surface area contributed by atoms with E-state index in [4.69, 9.17) is 9.31 Å². The molecule has 13 heteroatoms. The second-order valence-corrected chi connectivity index (χ2v) is 10.2. The number of alkyl halides is 3. The molecule has 0 aliphatic carbocycles. The molecule has 2 saturated heterocycles. The van der Waals surface area contributed by atoms with Gasteiger partial charge in [0.1, 0.15) is 5.82 Å². The maximum Gasteiger partial charge on any atom is 0.471 e. The van der Waals surface area contributed by atoms with Gasteiger partial charge in [-0.1, -0.05) is 6.42 Å². The topological polar surface area (TPSA) is 105 Å². The van der Waals surface area contributed by atoms with Gasteiger partial charge in [0.2, 0.25) is 0 Å². The van der Waals surface area contributed by atoms with E-state index >= 15 is 0 Å². The highest BCUT2D eigenvalue weighted by atomic mass is 19.4. The molecule has 2 aliphatic heterocycles. The van der Waals surface area contributed by atoms with Gasteiger partial charge in [0.25, 0.3) is 5.91 Å². The van der Waals surface area contributed by atoms with Crippen LogP contribution in [-0.4, -0.2) is 70.9 Å². The molecule has 2 amide bonds. The number of carbonyl (C=O) groups is 3. The van der Waals surface area contributed by atoms with Crippen molar-refractivity contribution in [1.29, 1.82) is 0 Å². The van der Waals surface area contributed by atoms with Crippen molar-refractivity contribution in [3.63, 3.8) is 0 Å². The number of hydrogen-bond acceptors (Lipinski definition) is 5. The minimum Gasteiger partial charge on any atom is -0.479 e. The third kappa shape index (κ3) is 5.51. The molecular weight excluding hydrogens is 487 g/mol. The van der Waals surface area contributed by atoms with Crippen LogP contribution in [0.15, 0.2) is 24.3 Å². The second kappa shape index (κ2) is 9.66. The molecule has 0 aromatic heterocycles. The van der Waals surface area contributed by atoms with E-state index < -0.39 is 66.1 Å². The largest absolute Gasteiger partial charge is 0.479 e. The number of rotatable bonds is 7. The van der Waals surface area contributed by atoms with Crippen LogP contribution in [0.3, 0.4) is 0 Å². The van der Waals surface area contributed by atoms with Crippen molar-refractivity contribution in [3.05, 3.63) is 35.6 Å². The number of carboxylic acids is 1. The van der Waals surface area contributed by atoms with Crippen LogP contribution in [0.25, 0.3) is 0 Å². The Morgan fingerprint density at radius 2 is 1.67 bits per heavy atom. The zero-order valence-corrected chi connectivity index (χ0v) is 20.4. The molecule has 1 aromatic carbocycles. The first-order chi connectivity index (χ1) is 16.5. The zero-order valence-electron chi connectivity index (χ0n) is 20.4. The Kier molecular flexibility index (Phi) is 7.49. The summed E-state index contributed by atoms with van der Waals surface area (Å²) >= 11 is 0. The van der Waals surface area contributed by atoms with Gasteiger partial charge in [-0.3, -0.25) is 9.59 Å². The van der Waals surface area contributed by atoms with Gasteiger partial charge in [-0.2, -0.15) is 13.2 Å². The summed E-state index contributed by atoms with van der Waals surface area (Å²) in [5, 5.41) is 11.6. The summed E-state index contributed by atoms with van der Waals surface area (Å²) in [7, 11) is -0.600. The molecule has 2 N–H and O–H groups in total. The van der Waals surface area contributed by atoms with Crippen molar-refractivity contribution < 1.29 is 46.4 Å². The molecule has 1 aromatic rings. The van der Waals surface area contributed by atoms with Crippen LogP contribution < -0.4 is 5.32 Å². The first kappa shape index (κ1) is 27.9. The average molecular weight is 516 g/mol. The van der Waals surface area contributed by atoms with Gasteiger partial charge < -0.3 is 24.6 Å². The van der Waals surface area contributed by atoms with Gasteiger partial charge in [0.15, 0.2) is 5.54 Å². The molecule has 0 radical (unpaired) electrons. The number of benzene rings is 1. The Hall–Kier alpha value is -2.67. The van der Waals surface area contributed by atoms with E-state index in [1.54, 1.807) is 5.32 Å². The van der Waals surface area contributed by atoms with Crippen LogP contribution in [-0.2, 0) is 18.9 Å². The molecule has 0 spiro atoms. The highest BCUT2D eigenvalue weighted by molar-refractivity contribution is 6.45. The molecule has 2 aliphatic rings. The quantitative estimate of drug-likeness (QED) is 0.426. The SMILES string of the molecule is CC1(C)OB(CCC[C@H]2CN(C(=O)c3ccc(F)cc3)C[C@@]2(NC(=O)C(F)(F)F)C(=O)O)OC1(C)C. The smallest absolute Gasteiger partial charge is 0.471 e. The summed E-state index contributed by atoms with van der Waals surface area (Å²) in [6.45, 7) is 6.57. The third-order valence-corrected chi connectivity index (χ3v) is 7.23. The van der Waals surface area contributed by atoms with E-state index in [2.05, 4.69) is 0 Å². The Labute approximate surface area is 206 Å². The lowest BCUT2D eigenvalue weighted by atomic mass is 9.77. The second-order valence-electron chi connectivity index (χ2n) is 10.2. The van der Waals surface area contributed by atoms with Crippen molar-refractivity contribution >= 4 is 24.9 Å².